The summed E-state index contributed by atoms with van der Waals surface area (Å²) >= 11 is 5.82. The third kappa shape index (κ3) is 3.38. The lowest BCUT2D eigenvalue weighted by Gasteiger charge is -2.09. The van der Waals surface area contributed by atoms with Gasteiger partial charge in [-0.25, -0.2) is 9.18 Å². The topological polar surface area (TPSA) is 66.4 Å². The number of aromatic carboxylic acids is 1. The number of rotatable bonds is 3. The van der Waals surface area contributed by atoms with Crippen molar-refractivity contribution in [2.75, 3.05) is 5.32 Å². The molecule has 0 heterocycles. The van der Waals surface area contributed by atoms with Crippen molar-refractivity contribution in [1.82, 2.24) is 0 Å². The molecule has 108 valence electrons. The number of nitrogens with one attached hydrogen (secondary N) is 1. The highest BCUT2D eigenvalue weighted by Crippen LogP contribution is 2.22. The largest absolute Gasteiger partial charge is 0.478 e. The number of aryl methyl sites for hydroxylation is 1. The lowest BCUT2D eigenvalue weighted by molar-refractivity contribution is 0.0697. The van der Waals surface area contributed by atoms with Gasteiger partial charge < -0.3 is 10.4 Å². The maximum atomic E-state index is 13.2. The molecular weight excluding hydrogens is 297 g/mol. The zero-order chi connectivity index (χ0) is 15.6. The fourth-order valence-electron chi connectivity index (χ4n) is 1.80. The van der Waals surface area contributed by atoms with E-state index in [4.69, 9.17) is 16.7 Å². The van der Waals surface area contributed by atoms with Gasteiger partial charge in [0.15, 0.2) is 0 Å². The minimum atomic E-state index is -1.15. The molecule has 0 radical (unpaired) electrons. The highest BCUT2D eigenvalue weighted by atomic mass is 35.5. The quantitative estimate of drug-likeness (QED) is 0.907. The fraction of sp³-hybridized carbons (Fsp3) is 0.0667. The summed E-state index contributed by atoms with van der Waals surface area (Å²) in [4.78, 5) is 22.9. The van der Waals surface area contributed by atoms with Crippen molar-refractivity contribution in [2.24, 2.45) is 0 Å². The molecule has 0 bridgehead atoms. The number of hydrogen-bond donors (Lipinski definition) is 2. The van der Waals surface area contributed by atoms with Crippen LogP contribution in [0.5, 0.6) is 0 Å². The highest BCUT2D eigenvalue weighted by Gasteiger charge is 2.13. The van der Waals surface area contributed by atoms with Crippen LogP contribution >= 0.6 is 11.6 Å². The number of benzene rings is 2. The number of amides is 1. The Labute approximate surface area is 125 Å². The lowest BCUT2D eigenvalue weighted by Crippen LogP contribution is -2.14. The van der Waals surface area contributed by atoms with Crippen LogP contribution in [-0.4, -0.2) is 17.0 Å². The summed E-state index contributed by atoms with van der Waals surface area (Å²) in [5, 5.41) is 11.4. The molecule has 2 aromatic rings. The average molecular weight is 308 g/mol. The van der Waals surface area contributed by atoms with Crippen molar-refractivity contribution in [3.05, 3.63) is 63.9 Å². The molecule has 0 unspecified atom stereocenters. The smallest absolute Gasteiger partial charge is 0.337 e. The molecule has 0 saturated heterocycles. The molecule has 4 nitrogen and oxygen atoms in total. The Bertz CT molecular complexity index is 731. The number of halogens is 2. The summed E-state index contributed by atoms with van der Waals surface area (Å²) in [6, 6.07) is 7.95. The number of anilines is 1. The first-order chi connectivity index (χ1) is 9.88. The number of carbonyl (C=O) groups is 2. The van der Waals surface area contributed by atoms with E-state index in [0.29, 0.717) is 11.3 Å². The van der Waals surface area contributed by atoms with Crippen LogP contribution in [0.2, 0.25) is 5.02 Å². The Balaban J connectivity index is 2.26. The van der Waals surface area contributed by atoms with Gasteiger partial charge in [0, 0.05) is 11.3 Å². The summed E-state index contributed by atoms with van der Waals surface area (Å²) < 4.78 is 13.2. The van der Waals surface area contributed by atoms with Gasteiger partial charge >= 0.3 is 5.97 Å². The summed E-state index contributed by atoms with van der Waals surface area (Å²) in [5.74, 6) is -2.16. The standard InChI is InChI=1S/C15H11ClFNO3/c1-8-2-3-9(17)6-12(8)14(19)18-10-4-5-11(15(20)21)13(16)7-10/h2-7H,1H3,(H,18,19)(H,20,21). The molecule has 1 amide bonds. The molecule has 2 rings (SSSR count). The molecule has 21 heavy (non-hydrogen) atoms. The Morgan fingerprint density at radius 3 is 2.48 bits per heavy atom. The molecule has 2 N–H and O–H groups in total. The van der Waals surface area contributed by atoms with Gasteiger partial charge in [-0.1, -0.05) is 17.7 Å². The van der Waals surface area contributed by atoms with Crippen LogP contribution in [0.1, 0.15) is 26.3 Å². The molecule has 0 spiro atoms. The van der Waals surface area contributed by atoms with Crippen LogP contribution in [0.3, 0.4) is 0 Å². The molecule has 0 atom stereocenters. The molecule has 0 saturated carbocycles. The van der Waals surface area contributed by atoms with E-state index in [1.54, 1.807) is 6.92 Å². The van der Waals surface area contributed by atoms with E-state index in [9.17, 15) is 14.0 Å². The summed E-state index contributed by atoms with van der Waals surface area (Å²) in [5.41, 5.74) is 1.10. The predicted octanol–water partition coefficient (Wildman–Crippen LogP) is 3.74. The van der Waals surface area contributed by atoms with Crippen LogP contribution in [0.4, 0.5) is 10.1 Å². The van der Waals surface area contributed by atoms with Gasteiger partial charge in [0.05, 0.1) is 10.6 Å². The summed E-state index contributed by atoms with van der Waals surface area (Å²) in [6.45, 7) is 1.69. The van der Waals surface area contributed by atoms with Gasteiger partial charge in [-0.2, -0.15) is 0 Å². The van der Waals surface area contributed by atoms with E-state index < -0.39 is 17.7 Å². The van der Waals surface area contributed by atoms with Crippen LogP contribution in [0.25, 0.3) is 0 Å². The second kappa shape index (κ2) is 5.93. The molecule has 2 aromatic carbocycles. The normalized spacial score (nSPS) is 10.2. The first-order valence-electron chi connectivity index (χ1n) is 5.99. The maximum Gasteiger partial charge on any atom is 0.337 e. The van der Waals surface area contributed by atoms with Crippen molar-refractivity contribution in [3.63, 3.8) is 0 Å². The first-order valence-corrected chi connectivity index (χ1v) is 6.36. The van der Waals surface area contributed by atoms with E-state index in [-0.39, 0.29) is 16.1 Å². The van der Waals surface area contributed by atoms with Gasteiger partial charge in [0.1, 0.15) is 5.82 Å². The van der Waals surface area contributed by atoms with Crippen molar-refractivity contribution in [1.29, 1.82) is 0 Å². The van der Waals surface area contributed by atoms with Gasteiger partial charge in [-0.05, 0) is 42.8 Å². The number of carbonyl (C=O) groups excluding carboxylic acids is 1. The zero-order valence-corrected chi connectivity index (χ0v) is 11.7. The van der Waals surface area contributed by atoms with Crippen LogP contribution < -0.4 is 5.32 Å². The van der Waals surface area contributed by atoms with Crippen LogP contribution in [0, 0.1) is 12.7 Å². The minimum Gasteiger partial charge on any atom is -0.478 e. The van der Waals surface area contributed by atoms with Gasteiger partial charge in [-0.3, -0.25) is 4.79 Å². The molecule has 0 aliphatic rings. The van der Waals surface area contributed by atoms with Crippen molar-refractivity contribution < 1.29 is 19.1 Å². The zero-order valence-electron chi connectivity index (χ0n) is 11.0. The Hall–Kier alpha value is -2.40. The summed E-state index contributed by atoms with van der Waals surface area (Å²) in [6.07, 6.45) is 0. The summed E-state index contributed by atoms with van der Waals surface area (Å²) in [7, 11) is 0. The Morgan fingerprint density at radius 2 is 1.86 bits per heavy atom. The highest BCUT2D eigenvalue weighted by molar-refractivity contribution is 6.33. The molecule has 0 fully saturated rings. The first kappa shape index (κ1) is 15.0. The van der Waals surface area contributed by atoms with E-state index in [0.717, 1.165) is 6.07 Å². The second-order valence-corrected chi connectivity index (χ2v) is 4.82. The van der Waals surface area contributed by atoms with E-state index in [2.05, 4.69) is 5.32 Å². The van der Waals surface area contributed by atoms with Crippen molar-refractivity contribution in [2.45, 2.75) is 6.92 Å². The number of carboxylic acid groups (broad SMARTS) is 1. The molecular formula is C15H11ClFNO3. The van der Waals surface area contributed by atoms with Crippen LogP contribution in [0.15, 0.2) is 36.4 Å². The van der Waals surface area contributed by atoms with Crippen molar-refractivity contribution in [3.8, 4) is 0 Å². The molecule has 0 aromatic heterocycles. The minimum absolute atomic E-state index is 0.0104. The van der Waals surface area contributed by atoms with E-state index in [1.807, 2.05) is 0 Å². The van der Waals surface area contributed by atoms with E-state index >= 15 is 0 Å². The molecule has 0 aliphatic carbocycles. The van der Waals surface area contributed by atoms with Gasteiger partial charge in [0.2, 0.25) is 0 Å². The van der Waals surface area contributed by atoms with Crippen LogP contribution in [-0.2, 0) is 0 Å². The Morgan fingerprint density at radius 1 is 1.14 bits per heavy atom. The number of hydrogen-bond acceptors (Lipinski definition) is 2. The fourth-order valence-corrected chi connectivity index (χ4v) is 2.06. The monoisotopic (exact) mass is 307 g/mol. The van der Waals surface area contributed by atoms with Gasteiger partial charge in [-0.15, -0.1) is 0 Å². The van der Waals surface area contributed by atoms with Crippen molar-refractivity contribution >= 4 is 29.2 Å². The number of carboxylic acids is 1. The third-order valence-electron chi connectivity index (χ3n) is 2.90. The third-order valence-corrected chi connectivity index (χ3v) is 3.21. The lowest BCUT2D eigenvalue weighted by atomic mass is 10.1. The van der Waals surface area contributed by atoms with E-state index in [1.165, 1.54) is 30.3 Å². The Kier molecular flexibility index (Phi) is 4.23. The predicted molar refractivity (Wildman–Crippen MR) is 77.5 cm³/mol. The maximum absolute atomic E-state index is 13.2. The molecule has 6 heteroatoms. The SMILES string of the molecule is Cc1ccc(F)cc1C(=O)Nc1ccc(C(=O)O)c(Cl)c1. The molecule has 0 aliphatic heterocycles. The van der Waals surface area contributed by atoms with Gasteiger partial charge in [0.25, 0.3) is 5.91 Å². The second-order valence-electron chi connectivity index (χ2n) is 4.41. The average Bonchev–Trinajstić information content (AvgIpc) is 2.41.